The Labute approximate surface area is 180 Å². The van der Waals surface area contributed by atoms with E-state index in [-0.39, 0.29) is 5.91 Å². The van der Waals surface area contributed by atoms with E-state index in [9.17, 15) is 4.79 Å². The molecule has 5 rings (SSSR count). The standard InChI is InChI=1S/C22H25ClN4O3/c23-16-3-6-20(24-14-16)27-11-9-26(10-12-27)15-21(28)25-17-4-5-18-19(13-17)30-22(29-18)7-1-2-8-22/h3-6,13-14H,1-2,7-12,15H2,(H,25,28). The fraction of sp³-hybridized carbons (Fsp3) is 0.455. The lowest BCUT2D eigenvalue weighted by molar-refractivity contribution is -0.117. The fourth-order valence-corrected chi connectivity index (χ4v) is 4.49. The van der Waals surface area contributed by atoms with Crippen LogP contribution in [-0.2, 0) is 4.79 Å². The summed E-state index contributed by atoms with van der Waals surface area (Å²) in [4.78, 5) is 21.3. The molecule has 1 saturated carbocycles. The number of ether oxygens (including phenoxy) is 2. The molecule has 30 heavy (non-hydrogen) atoms. The Morgan fingerprint density at radius 2 is 1.83 bits per heavy atom. The third kappa shape index (κ3) is 4.04. The van der Waals surface area contributed by atoms with Crippen molar-refractivity contribution in [3.63, 3.8) is 0 Å². The van der Waals surface area contributed by atoms with Crippen molar-refractivity contribution in [1.82, 2.24) is 9.88 Å². The molecular weight excluding hydrogens is 404 g/mol. The van der Waals surface area contributed by atoms with E-state index >= 15 is 0 Å². The summed E-state index contributed by atoms with van der Waals surface area (Å²) < 4.78 is 12.1. The maximum atomic E-state index is 12.6. The number of pyridine rings is 1. The normalized spacial score (nSPS) is 20.0. The number of halogens is 1. The van der Waals surface area contributed by atoms with Crippen molar-refractivity contribution >= 4 is 29.0 Å². The average Bonchev–Trinajstić information content (AvgIpc) is 3.34. The molecule has 0 unspecified atom stereocenters. The minimum absolute atomic E-state index is 0.0255. The topological polar surface area (TPSA) is 66.9 Å². The largest absolute Gasteiger partial charge is 0.448 e. The molecule has 2 fully saturated rings. The second-order valence-electron chi connectivity index (χ2n) is 8.13. The van der Waals surface area contributed by atoms with Crippen LogP contribution in [0.15, 0.2) is 36.5 Å². The van der Waals surface area contributed by atoms with Gasteiger partial charge in [-0.1, -0.05) is 11.6 Å². The van der Waals surface area contributed by atoms with Gasteiger partial charge in [-0.25, -0.2) is 4.98 Å². The highest BCUT2D eigenvalue weighted by atomic mass is 35.5. The first-order valence-corrected chi connectivity index (χ1v) is 10.9. The molecule has 1 saturated heterocycles. The molecule has 2 aromatic rings. The van der Waals surface area contributed by atoms with E-state index in [1.807, 2.05) is 30.3 Å². The third-order valence-corrected chi connectivity index (χ3v) is 6.18. The number of carbonyl (C=O) groups excluding carboxylic acids is 1. The molecule has 3 aliphatic rings. The molecule has 1 amide bonds. The van der Waals surface area contributed by atoms with Gasteiger partial charge >= 0.3 is 0 Å². The van der Waals surface area contributed by atoms with Gasteiger partial charge in [0.2, 0.25) is 5.91 Å². The molecule has 1 aromatic heterocycles. The number of piperazine rings is 1. The van der Waals surface area contributed by atoms with Crippen LogP contribution in [0.3, 0.4) is 0 Å². The van der Waals surface area contributed by atoms with Gasteiger partial charge in [-0.05, 0) is 37.1 Å². The number of anilines is 2. The number of fused-ring (bicyclic) bond motifs is 1. The summed E-state index contributed by atoms with van der Waals surface area (Å²) in [6.07, 6.45) is 5.75. The maximum Gasteiger partial charge on any atom is 0.251 e. The van der Waals surface area contributed by atoms with E-state index in [2.05, 4.69) is 20.1 Å². The Kier molecular flexibility index (Phi) is 5.16. The van der Waals surface area contributed by atoms with E-state index in [1.165, 1.54) is 0 Å². The van der Waals surface area contributed by atoms with Gasteiger partial charge in [0.15, 0.2) is 11.5 Å². The van der Waals surface area contributed by atoms with Crippen molar-refractivity contribution in [1.29, 1.82) is 0 Å². The number of amides is 1. The highest BCUT2D eigenvalue weighted by Gasteiger charge is 2.44. The summed E-state index contributed by atoms with van der Waals surface area (Å²) in [5.41, 5.74) is 0.737. The van der Waals surface area contributed by atoms with E-state index in [1.54, 1.807) is 6.20 Å². The third-order valence-electron chi connectivity index (χ3n) is 5.96. The molecule has 1 spiro atoms. The number of hydrogen-bond donors (Lipinski definition) is 1. The Morgan fingerprint density at radius 1 is 1.07 bits per heavy atom. The number of benzene rings is 1. The zero-order valence-electron chi connectivity index (χ0n) is 16.8. The van der Waals surface area contributed by atoms with Crippen LogP contribution in [0.4, 0.5) is 11.5 Å². The molecule has 7 nitrogen and oxygen atoms in total. The van der Waals surface area contributed by atoms with Gasteiger partial charge in [0.1, 0.15) is 5.82 Å². The van der Waals surface area contributed by atoms with Crippen LogP contribution in [0.25, 0.3) is 0 Å². The van der Waals surface area contributed by atoms with Crippen LogP contribution in [0.5, 0.6) is 11.5 Å². The summed E-state index contributed by atoms with van der Waals surface area (Å²) >= 11 is 5.91. The zero-order chi connectivity index (χ0) is 20.6. The molecule has 3 heterocycles. The number of rotatable bonds is 4. The number of aromatic nitrogens is 1. The highest BCUT2D eigenvalue weighted by Crippen LogP contribution is 2.47. The van der Waals surface area contributed by atoms with Crippen molar-refractivity contribution < 1.29 is 14.3 Å². The highest BCUT2D eigenvalue weighted by molar-refractivity contribution is 6.30. The molecule has 0 atom stereocenters. The molecule has 1 aromatic carbocycles. The molecule has 1 N–H and O–H groups in total. The Hall–Kier alpha value is -2.51. The molecule has 8 heteroatoms. The molecule has 158 valence electrons. The van der Waals surface area contributed by atoms with E-state index in [4.69, 9.17) is 21.1 Å². The average molecular weight is 429 g/mol. The van der Waals surface area contributed by atoms with Gasteiger partial charge < -0.3 is 19.7 Å². The van der Waals surface area contributed by atoms with Crippen molar-refractivity contribution in [2.75, 3.05) is 42.9 Å². The number of nitrogens with zero attached hydrogens (tertiary/aromatic N) is 3. The lowest BCUT2D eigenvalue weighted by atomic mass is 10.2. The summed E-state index contributed by atoms with van der Waals surface area (Å²) in [6, 6.07) is 9.40. The first kappa shape index (κ1) is 19.5. The van der Waals surface area contributed by atoms with Gasteiger partial charge in [-0.2, -0.15) is 0 Å². The lowest BCUT2D eigenvalue weighted by Crippen LogP contribution is -2.48. The second-order valence-corrected chi connectivity index (χ2v) is 8.57. The van der Waals surface area contributed by atoms with Gasteiger partial charge in [-0.3, -0.25) is 9.69 Å². The molecule has 2 aliphatic heterocycles. The van der Waals surface area contributed by atoms with E-state index in [0.717, 1.165) is 74.9 Å². The van der Waals surface area contributed by atoms with E-state index < -0.39 is 5.79 Å². The maximum absolute atomic E-state index is 12.6. The van der Waals surface area contributed by atoms with Crippen LogP contribution in [0.1, 0.15) is 25.7 Å². The van der Waals surface area contributed by atoms with Crippen molar-refractivity contribution in [2.45, 2.75) is 31.5 Å². The molecule has 1 aliphatic carbocycles. The van der Waals surface area contributed by atoms with Crippen LogP contribution in [0, 0.1) is 0 Å². The van der Waals surface area contributed by atoms with Crippen LogP contribution in [0.2, 0.25) is 5.02 Å². The lowest BCUT2D eigenvalue weighted by Gasteiger charge is -2.35. The summed E-state index contributed by atoms with van der Waals surface area (Å²) in [5, 5.41) is 3.63. The van der Waals surface area contributed by atoms with Gasteiger partial charge in [-0.15, -0.1) is 0 Å². The molecular formula is C22H25ClN4O3. The van der Waals surface area contributed by atoms with Crippen molar-refractivity contribution in [3.05, 3.63) is 41.6 Å². The monoisotopic (exact) mass is 428 g/mol. The van der Waals surface area contributed by atoms with Crippen LogP contribution < -0.4 is 19.7 Å². The Bertz CT molecular complexity index is 922. The minimum atomic E-state index is -0.483. The predicted octanol–water partition coefficient (Wildman–Crippen LogP) is 3.54. The van der Waals surface area contributed by atoms with Gasteiger partial charge in [0.05, 0.1) is 11.6 Å². The Morgan fingerprint density at radius 3 is 2.57 bits per heavy atom. The number of nitrogens with one attached hydrogen (secondary N) is 1. The minimum Gasteiger partial charge on any atom is -0.448 e. The zero-order valence-corrected chi connectivity index (χ0v) is 17.5. The molecule has 0 bridgehead atoms. The molecule has 0 radical (unpaired) electrons. The van der Waals surface area contributed by atoms with Crippen LogP contribution >= 0.6 is 11.6 Å². The quantitative estimate of drug-likeness (QED) is 0.803. The first-order valence-electron chi connectivity index (χ1n) is 10.5. The second kappa shape index (κ2) is 7.96. The van der Waals surface area contributed by atoms with Crippen molar-refractivity contribution in [3.8, 4) is 11.5 Å². The van der Waals surface area contributed by atoms with E-state index in [0.29, 0.717) is 11.6 Å². The predicted molar refractivity (Wildman–Crippen MR) is 115 cm³/mol. The Balaban J connectivity index is 1.13. The number of carbonyl (C=O) groups is 1. The van der Waals surface area contributed by atoms with Crippen LogP contribution in [-0.4, -0.2) is 54.3 Å². The SMILES string of the molecule is O=C(CN1CCN(c2ccc(Cl)cn2)CC1)Nc1ccc2c(c1)OC1(CCCC1)O2. The number of hydrogen-bond acceptors (Lipinski definition) is 6. The fourth-order valence-electron chi connectivity index (χ4n) is 4.38. The van der Waals surface area contributed by atoms with Gasteiger partial charge in [0.25, 0.3) is 5.79 Å². The summed E-state index contributed by atoms with van der Waals surface area (Å²) in [7, 11) is 0. The smallest absolute Gasteiger partial charge is 0.251 e. The first-order chi connectivity index (χ1) is 14.6. The van der Waals surface area contributed by atoms with Crippen molar-refractivity contribution in [2.24, 2.45) is 0 Å². The summed E-state index contributed by atoms with van der Waals surface area (Å²) in [6.45, 7) is 3.63. The van der Waals surface area contributed by atoms with Gasteiger partial charge in [0, 0.05) is 57.0 Å². The summed E-state index contributed by atoms with van der Waals surface area (Å²) in [5.74, 6) is 1.90.